The Hall–Kier alpha value is -4.77. The van der Waals surface area contributed by atoms with E-state index in [4.69, 9.17) is 9.47 Å². The molecule has 5 aromatic rings. The zero-order chi connectivity index (χ0) is 34.5. The van der Waals surface area contributed by atoms with Gasteiger partial charge in [-0.15, -0.1) is 0 Å². The van der Waals surface area contributed by atoms with Crippen LogP contribution in [0.15, 0.2) is 97.1 Å². The lowest BCUT2D eigenvalue weighted by Crippen LogP contribution is -2.28. The van der Waals surface area contributed by atoms with E-state index in [1.54, 1.807) is 0 Å². The number of carbonyl (C=O) groups excluding carboxylic acids is 1. The average molecular weight is 655 g/mol. The van der Waals surface area contributed by atoms with Gasteiger partial charge in [0.25, 0.3) is 0 Å². The summed E-state index contributed by atoms with van der Waals surface area (Å²) < 4.78 is 15.6. The smallest absolute Gasteiger partial charge is 0.340 e. The molecule has 0 radical (unpaired) electrons. The molecule has 6 rings (SSSR count). The molecule has 0 N–H and O–H groups in total. The molecule has 1 aliphatic rings. The molecular formula is C44H50N2O3. The van der Waals surface area contributed by atoms with Crippen LogP contribution in [0, 0.1) is 13.8 Å². The number of hydrogen-bond donors (Lipinski definition) is 0. The largest absolute Gasteiger partial charge is 0.493 e. The summed E-state index contributed by atoms with van der Waals surface area (Å²) in [6, 6.07) is 31.6. The van der Waals surface area contributed by atoms with Crippen molar-refractivity contribution in [2.75, 3.05) is 24.6 Å². The molecule has 0 saturated heterocycles. The zero-order valence-corrected chi connectivity index (χ0v) is 30.0. The Bertz CT molecular complexity index is 1960. The summed E-state index contributed by atoms with van der Waals surface area (Å²) in [5.74, 6) is 0.400. The van der Waals surface area contributed by atoms with Gasteiger partial charge in [0.15, 0.2) is 5.60 Å². The van der Waals surface area contributed by atoms with E-state index in [0.29, 0.717) is 12.2 Å². The second-order valence-corrected chi connectivity index (χ2v) is 13.1. The molecule has 5 heteroatoms. The second kappa shape index (κ2) is 14.8. The van der Waals surface area contributed by atoms with Crippen molar-refractivity contribution >= 4 is 28.1 Å². The number of fused-ring (bicyclic) bond motifs is 2. The molecule has 1 unspecified atom stereocenters. The standard InChI is InChI=1S/C44H50N2O3/c1-7-11-27-45(28-12-8-2)34-25-26-39(41(29-34)48-10-4)44(38-19-15-13-17-35(38)43(47)49-44)30-37(33-23-21-31(5)22-24-33)42-32(6)46(9-3)40-20-16-14-18-36(40)42/h13-26,29-30H,7-12,27-28H2,1-6H3/b37-30+. The van der Waals surface area contributed by atoms with Crippen molar-refractivity contribution in [2.24, 2.45) is 0 Å². The highest BCUT2D eigenvalue weighted by molar-refractivity contribution is 6.01. The Morgan fingerprint density at radius 1 is 0.837 bits per heavy atom. The lowest BCUT2D eigenvalue weighted by Gasteiger charge is -2.31. The molecular weight excluding hydrogens is 604 g/mol. The van der Waals surface area contributed by atoms with Gasteiger partial charge in [-0.05, 0) is 82.0 Å². The molecule has 2 heterocycles. The lowest BCUT2D eigenvalue weighted by molar-refractivity contribution is 0.0269. The summed E-state index contributed by atoms with van der Waals surface area (Å²) in [5, 5.41) is 1.17. The summed E-state index contributed by atoms with van der Waals surface area (Å²) in [4.78, 5) is 16.3. The van der Waals surface area contributed by atoms with Crippen molar-refractivity contribution in [2.45, 2.75) is 79.4 Å². The third kappa shape index (κ3) is 6.39. The normalized spacial score (nSPS) is 15.8. The third-order valence-corrected chi connectivity index (χ3v) is 9.92. The number of esters is 1. The van der Waals surface area contributed by atoms with E-state index < -0.39 is 5.60 Å². The number of aromatic nitrogens is 1. The van der Waals surface area contributed by atoms with Gasteiger partial charge >= 0.3 is 5.97 Å². The number of hydrogen-bond acceptors (Lipinski definition) is 4. The highest BCUT2D eigenvalue weighted by Crippen LogP contribution is 2.50. The second-order valence-electron chi connectivity index (χ2n) is 13.1. The Labute approximate surface area is 292 Å². The fraction of sp³-hybridized carbons (Fsp3) is 0.341. The molecule has 254 valence electrons. The number of anilines is 1. The first-order chi connectivity index (χ1) is 23.9. The molecule has 0 amide bonds. The van der Waals surface area contributed by atoms with Crippen LogP contribution in [0.2, 0.25) is 0 Å². The Balaban J connectivity index is 1.67. The van der Waals surface area contributed by atoms with Gasteiger partial charge in [0.1, 0.15) is 5.75 Å². The predicted molar refractivity (Wildman–Crippen MR) is 203 cm³/mol. The van der Waals surface area contributed by atoms with Gasteiger partial charge in [-0.1, -0.05) is 92.9 Å². The minimum Gasteiger partial charge on any atom is -0.493 e. The quantitative estimate of drug-likeness (QED) is 0.112. The summed E-state index contributed by atoms with van der Waals surface area (Å²) >= 11 is 0. The van der Waals surface area contributed by atoms with Gasteiger partial charge in [-0.2, -0.15) is 0 Å². The van der Waals surface area contributed by atoms with Crippen LogP contribution in [-0.2, 0) is 16.9 Å². The minimum atomic E-state index is -1.23. The number of aryl methyl sites for hydroxylation is 2. The first-order valence-electron chi connectivity index (χ1n) is 18.1. The van der Waals surface area contributed by atoms with Crippen LogP contribution in [0.3, 0.4) is 0 Å². The van der Waals surface area contributed by atoms with Crippen molar-refractivity contribution in [3.05, 3.63) is 136 Å². The molecule has 0 saturated carbocycles. The maximum Gasteiger partial charge on any atom is 0.340 e. The van der Waals surface area contributed by atoms with E-state index in [1.165, 1.54) is 22.2 Å². The van der Waals surface area contributed by atoms with Crippen molar-refractivity contribution in [3.63, 3.8) is 0 Å². The highest BCUT2D eigenvalue weighted by Gasteiger charge is 2.48. The summed E-state index contributed by atoms with van der Waals surface area (Å²) in [5.41, 5.74) is 8.90. The predicted octanol–water partition coefficient (Wildman–Crippen LogP) is 10.6. The molecule has 0 bridgehead atoms. The van der Waals surface area contributed by atoms with Crippen LogP contribution >= 0.6 is 0 Å². The lowest BCUT2D eigenvalue weighted by atomic mass is 9.80. The summed E-state index contributed by atoms with van der Waals surface area (Å²) in [7, 11) is 0. The fourth-order valence-electron chi connectivity index (χ4n) is 7.40. The fourth-order valence-corrected chi connectivity index (χ4v) is 7.40. The van der Waals surface area contributed by atoms with Crippen molar-refractivity contribution < 1.29 is 14.3 Å². The van der Waals surface area contributed by atoms with E-state index in [-0.39, 0.29) is 5.97 Å². The van der Waals surface area contributed by atoms with Crippen molar-refractivity contribution in [3.8, 4) is 5.75 Å². The summed E-state index contributed by atoms with van der Waals surface area (Å²) in [6.45, 7) is 16.3. The molecule has 0 fully saturated rings. The van der Waals surface area contributed by atoms with Crippen LogP contribution in [0.1, 0.15) is 97.2 Å². The first kappa shape index (κ1) is 34.1. The van der Waals surface area contributed by atoms with E-state index in [1.807, 2.05) is 31.2 Å². The zero-order valence-electron chi connectivity index (χ0n) is 30.0. The molecule has 5 nitrogen and oxygen atoms in total. The van der Waals surface area contributed by atoms with E-state index >= 15 is 0 Å². The van der Waals surface area contributed by atoms with Gasteiger partial charge in [-0.3, -0.25) is 0 Å². The molecule has 49 heavy (non-hydrogen) atoms. The number of nitrogens with zero attached hydrogens (tertiary/aromatic N) is 2. The topological polar surface area (TPSA) is 43.7 Å². The monoisotopic (exact) mass is 654 g/mol. The van der Waals surface area contributed by atoms with Crippen LogP contribution in [0.25, 0.3) is 16.5 Å². The maximum atomic E-state index is 13.9. The highest BCUT2D eigenvalue weighted by atomic mass is 16.6. The van der Waals surface area contributed by atoms with Crippen LogP contribution in [-0.4, -0.2) is 30.2 Å². The van der Waals surface area contributed by atoms with E-state index in [0.717, 1.165) is 84.6 Å². The molecule has 0 aliphatic carbocycles. The van der Waals surface area contributed by atoms with Gasteiger partial charge in [0.05, 0.1) is 12.2 Å². The number of cyclic esters (lactones) is 1. The average Bonchev–Trinajstić information content (AvgIpc) is 3.57. The molecule has 1 aliphatic heterocycles. The Morgan fingerprint density at radius 2 is 1.53 bits per heavy atom. The van der Waals surface area contributed by atoms with Gasteiger partial charge in [0, 0.05) is 64.7 Å². The van der Waals surface area contributed by atoms with E-state index in [2.05, 4.69) is 117 Å². The van der Waals surface area contributed by atoms with Gasteiger partial charge in [0.2, 0.25) is 0 Å². The minimum absolute atomic E-state index is 0.332. The molecule has 0 spiro atoms. The number of ether oxygens (including phenoxy) is 2. The number of unbranched alkanes of at least 4 members (excludes halogenated alkanes) is 2. The van der Waals surface area contributed by atoms with Crippen LogP contribution in [0.4, 0.5) is 5.69 Å². The van der Waals surface area contributed by atoms with Crippen molar-refractivity contribution in [1.29, 1.82) is 0 Å². The maximum absolute atomic E-state index is 13.9. The SMILES string of the molecule is CCCCN(CCCC)c1ccc(C2(/C=C(\c3ccc(C)cc3)c3c(C)n(CC)c4ccccc34)OC(=O)c3ccccc32)c(OCC)c1. The Morgan fingerprint density at radius 3 is 2.22 bits per heavy atom. The number of para-hydroxylation sites is 1. The Kier molecular flexibility index (Phi) is 10.3. The summed E-state index contributed by atoms with van der Waals surface area (Å²) in [6.07, 6.45) is 6.71. The number of rotatable bonds is 14. The van der Waals surface area contributed by atoms with Crippen molar-refractivity contribution in [1.82, 2.24) is 4.57 Å². The molecule has 1 atom stereocenters. The first-order valence-corrected chi connectivity index (χ1v) is 18.1. The van der Waals surface area contributed by atoms with Gasteiger partial charge < -0.3 is 18.9 Å². The third-order valence-electron chi connectivity index (χ3n) is 9.92. The molecule has 4 aromatic carbocycles. The van der Waals surface area contributed by atoms with E-state index in [9.17, 15) is 4.79 Å². The molecule has 1 aromatic heterocycles. The number of carbonyl (C=O) groups is 1. The van der Waals surface area contributed by atoms with Crippen LogP contribution in [0.5, 0.6) is 5.75 Å². The number of benzene rings is 4. The van der Waals surface area contributed by atoms with Crippen LogP contribution < -0.4 is 9.64 Å². The van der Waals surface area contributed by atoms with Gasteiger partial charge in [-0.25, -0.2) is 4.79 Å².